The molecule has 1 N–H and O–H groups in total. The number of carboxylic acid groups (broad SMARTS) is 1. The zero-order chi connectivity index (χ0) is 14.2. The van der Waals surface area contributed by atoms with Crippen molar-refractivity contribution in [3.8, 4) is 0 Å². The molecule has 0 aromatic heterocycles. The molecule has 2 rings (SSSR count). The third-order valence-corrected chi connectivity index (χ3v) is 3.81. The van der Waals surface area contributed by atoms with Crippen molar-refractivity contribution < 1.29 is 14.3 Å². The SMILES string of the molecule is CC(CC1Cc2c(F)cccc2N1C(C)C)C(=O)O. The monoisotopic (exact) mass is 265 g/mol. The maximum atomic E-state index is 13.9. The van der Waals surface area contributed by atoms with Gasteiger partial charge >= 0.3 is 5.97 Å². The van der Waals surface area contributed by atoms with E-state index in [9.17, 15) is 9.18 Å². The second-order valence-electron chi connectivity index (χ2n) is 5.57. The molecule has 0 radical (unpaired) electrons. The minimum absolute atomic E-state index is 0.0676. The molecule has 0 saturated heterocycles. The van der Waals surface area contributed by atoms with Gasteiger partial charge in [0.1, 0.15) is 5.82 Å². The number of halogens is 1. The van der Waals surface area contributed by atoms with Crippen molar-refractivity contribution in [2.24, 2.45) is 5.92 Å². The van der Waals surface area contributed by atoms with Crippen LogP contribution in [0.5, 0.6) is 0 Å². The molecule has 0 saturated carbocycles. The van der Waals surface area contributed by atoms with Crippen molar-refractivity contribution in [2.45, 2.75) is 45.7 Å². The van der Waals surface area contributed by atoms with Gasteiger partial charge in [-0.2, -0.15) is 0 Å². The molecule has 0 amide bonds. The number of benzene rings is 1. The molecule has 104 valence electrons. The molecule has 1 heterocycles. The van der Waals surface area contributed by atoms with Crippen molar-refractivity contribution in [3.63, 3.8) is 0 Å². The number of nitrogens with zero attached hydrogens (tertiary/aromatic N) is 1. The Kier molecular flexibility index (Phi) is 3.78. The smallest absolute Gasteiger partial charge is 0.306 e. The van der Waals surface area contributed by atoms with Gasteiger partial charge in [-0.25, -0.2) is 4.39 Å². The molecule has 1 aliphatic heterocycles. The fourth-order valence-corrected chi connectivity index (χ4v) is 2.93. The van der Waals surface area contributed by atoms with E-state index in [4.69, 9.17) is 5.11 Å². The van der Waals surface area contributed by atoms with E-state index in [1.165, 1.54) is 6.07 Å². The van der Waals surface area contributed by atoms with Crippen LogP contribution in [-0.2, 0) is 11.2 Å². The lowest BCUT2D eigenvalue weighted by Gasteiger charge is -2.32. The van der Waals surface area contributed by atoms with E-state index in [0.29, 0.717) is 12.8 Å². The molecule has 0 spiro atoms. The second-order valence-corrected chi connectivity index (χ2v) is 5.57. The van der Waals surface area contributed by atoms with Crippen LogP contribution in [0.15, 0.2) is 18.2 Å². The molecule has 2 unspecified atom stereocenters. The highest BCUT2D eigenvalue weighted by Gasteiger charge is 2.34. The molecule has 1 aromatic rings. The van der Waals surface area contributed by atoms with E-state index < -0.39 is 11.9 Å². The highest BCUT2D eigenvalue weighted by molar-refractivity contribution is 5.70. The van der Waals surface area contributed by atoms with Crippen LogP contribution in [0.1, 0.15) is 32.8 Å². The third kappa shape index (κ3) is 2.57. The fraction of sp³-hybridized carbons (Fsp3) is 0.533. The minimum Gasteiger partial charge on any atom is -0.481 e. The third-order valence-electron chi connectivity index (χ3n) is 3.81. The molecule has 0 bridgehead atoms. The van der Waals surface area contributed by atoms with Gasteiger partial charge < -0.3 is 10.0 Å². The van der Waals surface area contributed by atoms with Crippen LogP contribution in [0.4, 0.5) is 10.1 Å². The average Bonchev–Trinajstić information content (AvgIpc) is 2.68. The molecule has 0 fully saturated rings. The molecule has 2 atom stereocenters. The van der Waals surface area contributed by atoms with E-state index in [1.54, 1.807) is 13.0 Å². The Morgan fingerprint density at radius 3 is 2.74 bits per heavy atom. The van der Waals surface area contributed by atoms with Crippen LogP contribution in [0.3, 0.4) is 0 Å². The lowest BCUT2D eigenvalue weighted by atomic mass is 9.98. The Labute approximate surface area is 113 Å². The van der Waals surface area contributed by atoms with Gasteiger partial charge in [-0.1, -0.05) is 13.0 Å². The van der Waals surface area contributed by atoms with Gasteiger partial charge in [-0.3, -0.25) is 4.79 Å². The largest absolute Gasteiger partial charge is 0.481 e. The predicted molar refractivity (Wildman–Crippen MR) is 72.9 cm³/mol. The van der Waals surface area contributed by atoms with Gasteiger partial charge in [0.25, 0.3) is 0 Å². The Morgan fingerprint density at radius 2 is 2.16 bits per heavy atom. The van der Waals surface area contributed by atoms with E-state index >= 15 is 0 Å². The first-order chi connectivity index (χ1) is 8.91. The van der Waals surface area contributed by atoms with Crippen molar-refractivity contribution >= 4 is 11.7 Å². The van der Waals surface area contributed by atoms with Gasteiger partial charge in [-0.15, -0.1) is 0 Å². The number of hydrogen-bond acceptors (Lipinski definition) is 2. The van der Waals surface area contributed by atoms with Crippen molar-refractivity contribution in [3.05, 3.63) is 29.6 Å². The Hall–Kier alpha value is -1.58. The molecule has 1 aromatic carbocycles. The maximum Gasteiger partial charge on any atom is 0.306 e. The maximum absolute atomic E-state index is 13.9. The van der Waals surface area contributed by atoms with E-state index in [-0.39, 0.29) is 17.9 Å². The summed E-state index contributed by atoms with van der Waals surface area (Å²) in [4.78, 5) is 13.2. The molecular formula is C15H20FNO2. The first-order valence-corrected chi connectivity index (χ1v) is 6.70. The summed E-state index contributed by atoms with van der Waals surface area (Å²) in [5, 5.41) is 9.05. The van der Waals surface area contributed by atoms with Gasteiger partial charge in [0, 0.05) is 23.3 Å². The van der Waals surface area contributed by atoms with Gasteiger partial charge in [-0.05, 0) is 38.8 Å². The first kappa shape index (κ1) is 13.8. The van der Waals surface area contributed by atoms with Gasteiger partial charge in [0.2, 0.25) is 0 Å². The number of aliphatic carboxylic acids is 1. The summed E-state index contributed by atoms with van der Waals surface area (Å²) in [6, 6.07) is 5.41. The van der Waals surface area contributed by atoms with Crippen LogP contribution >= 0.6 is 0 Å². The number of carbonyl (C=O) groups is 1. The van der Waals surface area contributed by atoms with Crippen molar-refractivity contribution in [2.75, 3.05) is 4.90 Å². The summed E-state index contributed by atoms with van der Waals surface area (Å²) in [5.41, 5.74) is 1.64. The number of fused-ring (bicyclic) bond motifs is 1. The highest BCUT2D eigenvalue weighted by atomic mass is 19.1. The Balaban J connectivity index is 2.28. The first-order valence-electron chi connectivity index (χ1n) is 6.70. The highest BCUT2D eigenvalue weighted by Crippen LogP contribution is 2.37. The van der Waals surface area contributed by atoms with Crippen LogP contribution in [0.25, 0.3) is 0 Å². The number of hydrogen-bond donors (Lipinski definition) is 1. The minimum atomic E-state index is -0.792. The molecule has 1 aliphatic rings. The fourth-order valence-electron chi connectivity index (χ4n) is 2.93. The summed E-state index contributed by atoms with van der Waals surface area (Å²) < 4.78 is 13.9. The Bertz CT molecular complexity index is 487. The van der Waals surface area contributed by atoms with E-state index in [2.05, 4.69) is 18.7 Å². The van der Waals surface area contributed by atoms with Gasteiger partial charge in [0.05, 0.1) is 5.92 Å². The zero-order valence-corrected chi connectivity index (χ0v) is 11.6. The lowest BCUT2D eigenvalue weighted by Crippen LogP contribution is -2.39. The average molecular weight is 265 g/mol. The Morgan fingerprint density at radius 1 is 1.47 bits per heavy atom. The predicted octanol–water partition coefficient (Wildman–Crippen LogP) is 3.08. The van der Waals surface area contributed by atoms with Crippen molar-refractivity contribution in [1.82, 2.24) is 0 Å². The van der Waals surface area contributed by atoms with E-state index in [1.807, 2.05) is 6.07 Å². The zero-order valence-electron chi connectivity index (χ0n) is 11.6. The topological polar surface area (TPSA) is 40.5 Å². The number of rotatable bonds is 4. The molecule has 19 heavy (non-hydrogen) atoms. The molecule has 0 aliphatic carbocycles. The second kappa shape index (κ2) is 5.19. The van der Waals surface area contributed by atoms with Crippen LogP contribution in [0, 0.1) is 11.7 Å². The number of carboxylic acids is 1. The summed E-state index contributed by atoms with van der Waals surface area (Å²) in [5.74, 6) is -1.39. The van der Waals surface area contributed by atoms with E-state index in [0.717, 1.165) is 11.3 Å². The standard InChI is InChI=1S/C15H20FNO2/c1-9(2)17-11(7-10(3)15(18)19)8-12-13(16)5-4-6-14(12)17/h4-6,9-11H,7-8H2,1-3H3,(H,18,19). The van der Waals surface area contributed by atoms with Crippen molar-refractivity contribution in [1.29, 1.82) is 0 Å². The normalized spacial score (nSPS) is 19.6. The molecule has 4 heteroatoms. The molecular weight excluding hydrogens is 245 g/mol. The quantitative estimate of drug-likeness (QED) is 0.909. The summed E-state index contributed by atoms with van der Waals surface area (Å²) in [6.07, 6.45) is 1.14. The summed E-state index contributed by atoms with van der Waals surface area (Å²) in [7, 11) is 0. The van der Waals surface area contributed by atoms with Gasteiger partial charge in [0.15, 0.2) is 0 Å². The van der Waals surface area contributed by atoms with Crippen LogP contribution < -0.4 is 4.90 Å². The number of anilines is 1. The lowest BCUT2D eigenvalue weighted by molar-refractivity contribution is -0.141. The molecule has 3 nitrogen and oxygen atoms in total. The summed E-state index contributed by atoms with van der Waals surface area (Å²) >= 11 is 0. The summed E-state index contributed by atoms with van der Waals surface area (Å²) in [6.45, 7) is 5.82. The van der Waals surface area contributed by atoms with Crippen LogP contribution in [0.2, 0.25) is 0 Å². The van der Waals surface area contributed by atoms with Crippen LogP contribution in [-0.4, -0.2) is 23.2 Å².